The molecule has 2 N–H and O–H groups in total. The van der Waals surface area contributed by atoms with E-state index in [4.69, 9.17) is 5.73 Å². The summed E-state index contributed by atoms with van der Waals surface area (Å²) in [5.74, 6) is -0.515. The summed E-state index contributed by atoms with van der Waals surface area (Å²) >= 11 is 5.25. The fourth-order valence-electron chi connectivity index (χ4n) is 1.53. The van der Waals surface area contributed by atoms with Gasteiger partial charge >= 0.3 is 0 Å². The molecule has 0 spiro atoms. The van der Waals surface area contributed by atoms with E-state index in [1.165, 1.54) is 18.2 Å². The zero-order chi connectivity index (χ0) is 13.3. The van der Waals surface area contributed by atoms with Gasteiger partial charge in [-0.1, -0.05) is 0 Å². The summed E-state index contributed by atoms with van der Waals surface area (Å²) in [6, 6.07) is 9.08. The van der Waals surface area contributed by atoms with Crippen molar-refractivity contribution in [2.75, 3.05) is 5.73 Å². The van der Waals surface area contributed by atoms with E-state index in [2.05, 4.69) is 15.9 Å². The molecule has 0 aromatic heterocycles. The SMILES string of the molecule is Nc1ccc(C(=O)c2ccc(F)cc2I)c(Br)c1. The van der Waals surface area contributed by atoms with Crippen LogP contribution in [0.3, 0.4) is 0 Å². The minimum Gasteiger partial charge on any atom is -0.399 e. The van der Waals surface area contributed by atoms with Crippen LogP contribution in [-0.2, 0) is 0 Å². The number of nitrogens with two attached hydrogens (primary N) is 1. The molecular weight excluding hydrogens is 412 g/mol. The van der Waals surface area contributed by atoms with Crippen LogP contribution in [0.4, 0.5) is 10.1 Å². The van der Waals surface area contributed by atoms with Crippen molar-refractivity contribution < 1.29 is 9.18 Å². The van der Waals surface area contributed by atoms with E-state index in [1.54, 1.807) is 18.2 Å². The zero-order valence-electron chi connectivity index (χ0n) is 9.08. The first-order valence-corrected chi connectivity index (χ1v) is 6.91. The molecule has 0 bridgehead atoms. The Balaban J connectivity index is 2.48. The number of hydrogen-bond acceptors (Lipinski definition) is 2. The molecular formula is C13H8BrFINO. The largest absolute Gasteiger partial charge is 0.399 e. The zero-order valence-corrected chi connectivity index (χ0v) is 12.8. The molecule has 92 valence electrons. The Hall–Kier alpha value is -0.950. The van der Waals surface area contributed by atoms with Crippen LogP contribution in [0.1, 0.15) is 15.9 Å². The van der Waals surface area contributed by atoms with Gasteiger partial charge in [0.25, 0.3) is 0 Å². The van der Waals surface area contributed by atoms with Crippen LogP contribution in [0.5, 0.6) is 0 Å². The van der Waals surface area contributed by atoms with Gasteiger partial charge in [-0.15, -0.1) is 0 Å². The first-order valence-electron chi connectivity index (χ1n) is 5.04. The Morgan fingerprint density at radius 1 is 1.17 bits per heavy atom. The first kappa shape index (κ1) is 13.5. The van der Waals surface area contributed by atoms with Crippen LogP contribution in [-0.4, -0.2) is 5.78 Å². The Kier molecular flexibility index (Phi) is 4.01. The third-order valence-electron chi connectivity index (χ3n) is 2.41. The summed E-state index contributed by atoms with van der Waals surface area (Å²) in [7, 11) is 0. The molecule has 2 rings (SSSR count). The van der Waals surface area contributed by atoms with E-state index in [0.717, 1.165) is 0 Å². The van der Waals surface area contributed by atoms with Crippen molar-refractivity contribution >= 4 is 50.0 Å². The maximum Gasteiger partial charge on any atom is 0.195 e. The molecule has 0 saturated carbocycles. The van der Waals surface area contributed by atoms with Gasteiger partial charge in [-0.2, -0.15) is 0 Å². The highest BCUT2D eigenvalue weighted by Crippen LogP contribution is 2.25. The van der Waals surface area contributed by atoms with Crippen molar-refractivity contribution in [1.82, 2.24) is 0 Å². The Morgan fingerprint density at radius 3 is 2.44 bits per heavy atom. The van der Waals surface area contributed by atoms with E-state index in [1.807, 2.05) is 22.6 Å². The molecule has 0 aliphatic heterocycles. The summed E-state index contributed by atoms with van der Waals surface area (Å²) < 4.78 is 14.2. The quantitative estimate of drug-likeness (QED) is 0.454. The number of rotatable bonds is 2. The van der Waals surface area contributed by atoms with Gasteiger partial charge in [0.1, 0.15) is 5.82 Å². The van der Waals surface area contributed by atoms with E-state index >= 15 is 0 Å². The Labute approximate surface area is 126 Å². The lowest BCUT2D eigenvalue weighted by Crippen LogP contribution is -2.05. The second-order valence-electron chi connectivity index (χ2n) is 3.69. The summed E-state index contributed by atoms with van der Waals surface area (Å²) in [5, 5.41) is 0. The number of hydrogen-bond donors (Lipinski definition) is 1. The fraction of sp³-hybridized carbons (Fsp3) is 0. The molecule has 0 fully saturated rings. The van der Waals surface area contributed by atoms with Gasteiger partial charge in [-0.25, -0.2) is 4.39 Å². The van der Waals surface area contributed by atoms with Crippen molar-refractivity contribution in [3.8, 4) is 0 Å². The first-order chi connectivity index (χ1) is 8.49. The van der Waals surface area contributed by atoms with Crippen molar-refractivity contribution in [3.05, 3.63) is 61.4 Å². The third-order valence-corrected chi connectivity index (χ3v) is 3.96. The number of ketones is 1. The molecule has 0 radical (unpaired) electrons. The lowest BCUT2D eigenvalue weighted by molar-refractivity contribution is 0.103. The van der Waals surface area contributed by atoms with E-state index in [9.17, 15) is 9.18 Å². The Morgan fingerprint density at radius 2 is 1.83 bits per heavy atom. The van der Waals surface area contributed by atoms with E-state index in [0.29, 0.717) is 24.9 Å². The molecule has 0 unspecified atom stereocenters. The van der Waals surface area contributed by atoms with E-state index < -0.39 is 0 Å². The standard InChI is InChI=1S/C13H8BrFINO/c14-11-6-8(17)2-4-9(11)13(18)10-3-1-7(15)5-12(10)16/h1-6H,17H2. The van der Waals surface area contributed by atoms with Gasteiger partial charge in [0.05, 0.1) is 0 Å². The second kappa shape index (κ2) is 5.36. The maximum atomic E-state index is 13.0. The third kappa shape index (κ3) is 2.72. The molecule has 2 aromatic carbocycles. The van der Waals surface area contributed by atoms with Gasteiger partial charge in [-0.3, -0.25) is 4.79 Å². The molecule has 0 amide bonds. The molecule has 0 aliphatic carbocycles. The summed E-state index contributed by atoms with van der Waals surface area (Å²) in [4.78, 5) is 12.3. The molecule has 18 heavy (non-hydrogen) atoms. The van der Waals surface area contributed by atoms with Gasteiger partial charge in [0.2, 0.25) is 0 Å². The lowest BCUT2D eigenvalue weighted by Gasteiger charge is -2.06. The van der Waals surface area contributed by atoms with Crippen LogP contribution in [0.2, 0.25) is 0 Å². The van der Waals surface area contributed by atoms with Crippen LogP contribution in [0.25, 0.3) is 0 Å². The number of anilines is 1. The number of carbonyl (C=O) groups is 1. The summed E-state index contributed by atoms with van der Waals surface area (Å²) in [5.41, 5.74) is 7.18. The van der Waals surface area contributed by atoms with Gasteiger partial charge in [-0.05, 0) is 74.9 Å². The fourth-order valence-corrected chi connectivity index (χ4v) is 2.83. The highest BCUT2D eigenvalue weighted by Gasteiger charge is 2.15. The maximum absolute atomic E-state index is 13.0. The average Bonchev–Trinajstić information content (AvgIpc) is 2.28. The molecule has 5 heteroatoms. The van der Waals surface area contributed by atoms with Crippen LogP contribution in [0.15, 0.2) is 40.9 Å². The molecule has 0 atom stereocenters. The molecule has 0 aliphatic rings. The molecule has 0 saturated heterocycles. The van der Waals surface area contributed by atoms with Crippen molar-refractivity contribution in [2.24, 2.45) is 0 Å². The Bertz CT molecular complexity index is 577. The van der Waals surface area contributed by atoms with Gasteiger partial charge < -0.3 is 5.73 Å². The topological polar surface area (TPSA) is 43.1 Å². The van der Waals surface area contributed by atoms with Crippen LogP contribution < -0.4 is 5.73 Å². The summed E-state index contributed by atoms with van der Waals surface area (Å²) in [6.45, 7) is 0. The van der Waals surface area contributed by atoms with Crippen molar-refractivity contribution in [3.63, 3.8) is 0 Å². The smallest absolute Gasteiger partial charge is 0.195 e. The molecule has 0 heterocycles. The predicted molar refractivity (Wildman–Crippen MR) is 81.1 cm³/mol. The predicted octanol–water partition coefficient (Wildman–Crippen LogP) is 4.01. The van der Waals surface area contributed by atoms with Crippen molar-refractivity contribution in [2.45, 2.75) is 0 Å². The monoisotopic (exact) mass is 419 g/mol. The highest BCUT2D eigenvalue weighted by molar-refractivity contribution is 14.1. The minimum absolute atomic E-state index is 0.161. The van der Waals surface area contributed by atoms with Crippen molar-refractivity contribution in [1.29, 1.82) is 0 Å². The number of halogens is 3. The molecule has 2 nitrogen and oxygen atoms in total. The highest BCUT2D eigenvalue weighted by atomic mass is 127. The second-order valence-corrected chi connectivity index (χ2v) is 5.71. The number of benzene rings is 2. The number of carbonyl (C=O) groups excluding carboxylic acids is 1. The van der Waals surface area contributed by atoms with Crippen LogP contribution >= 0.6 is 38.5 Å². The van der Waals surface area contributed by atoms with Gasteiger partial charge in [0, 0.05) is 24.9 Å². The number of nitrogen functional groups attached to an aromatic ring is 1. The lowest BCUT2D eigenvalue weighted by atomic mass is 10.0. The normalized spacial score (nSPS) is 10.4. The minimum atomic E-state index is -0.354. The van der Waals surface area contributed by atoms with Gasteiger partial charge in [0.15, 0.2) is 5.78 Å². The average molecular weight is 420 g/mol. The van der Waals surface area contributed by atoms with Crippen LogP contribution in [0, 0.1) is 9.39 Å². The molecule has 2 aromatic rings. The van der Waals surface area contributed by atoms with E-state index in [-0.39, 0.29) is 11.6 Å². The summed E-state index contributed by atoms with van der Waals surface area (Å²) in [6.07, 6.45) is 0.